The van der Waals surface area contributed by atoms with E-state index in [0.29, 0.717) is 16.7 Å². The maximum atomic E-state index is 13.0. The Morgan fingerprint density at radius 3 is 2.56 bits per heavy atom. The number of piperidine rings is 1. The molecular weight excluding hydrogens is 349 g/mol. The van der Waals surface area contributed by atoms with Crippen LogP contribution in [0.1, 0.15) is 12.8 Å². The van der Waals surface area contributed by atoms with Crippen LogP contribution in [0.4, 0.5) is 15.8 Å². The molecule has 0 N–H and O–H groups in total. The van der Waals surface area contributed by atoms with Gasteiger partial charge < -0.3 is 9.64 Å². The van der Waals surface area contributed by atoms with Crippen LogP contribution in [0.15, 0.2) is 54.7 Å². The number of pyridine rings is 1. The van der Waals surface area contributed by atoms with E-state index in [1.54, 1.807) is 42.6 Å². The second kappa shape index (κ2) is 7.19. The van der Waals surface area contributed by atoms with Gasteiger partial charge in [0.25, 0.3) is 5.69 Å². The average Bonchev–Trinajstić information content (AvgIpc) is 2.69. The standard InChI is InChI=1S/C20H18FN3O3/c21-14-3-5-15(6-4-14)27-16-9-12-23(13-10-16)19-8-7-18(24(25)26)17-2-1-11-22-20(17)19/h1-8,11,16H,9-10,12-13H2. The minimum atomic E-state index is -0.378. The summed E-state index contributed by atoms with van der Waals surface area (Å²) in [5.41, 5.74) is 1.61. The van der Waals surface area contributed by atoms with Crippen molar-refractivity contribution in [2.45, 2.75) is 18.9 Å². The number of fused-ring (bicyclic) bond motifs is 1. The number of nitrogens with zero attached hydrogens (tertiary/aromatic N) is 3. The van der Waals surface area contributed by atoms with Crippen LogP contribution in [0, 0.1) is 15.9 Å². The topological polar surface area (TPSA) is 68.5 Å². The molecule has 0 amide bonds. The summed E-state index contributed by atoms with van der Waals surface area (Å²) in [6.07, 6.45) is 3.33. The van der Waals surface area contributed by atoms with E-state index in [0.717, 1.165) is 31.6 Å². The van der Waals surface area contributed by atoms with Crippen LogP contribution >= 0.6 is 0 Å². The highest BCUT2D eigenvalue weighted by Gasteiger charge is 2.24. The molecule has 0 spiro atoms. The van der Waals surface area contributed by atoms with E-state index >= 15 is 0 Å². The van der Waals surface area contributed by atoms with Crippen LogP contribution in [0.5, 0.6) is 5.75 Å². The van der Waals surface area contributed by atoms with Gasteiger partial charge >= 0.3 is 0 Å². The van der Waals surface area contributed by atoms with Crippen molar-refractivity contribution in [3.63, 3.8) is 0 Å². The van der Waals surface area contributed by atoms with Crippen molar-refractivity contribution in [1.82, 2.24) is 4.98 Å². The van der Waals surface area contributed by atoms with E-state index in [1.807, 2.05) is 0 Å². The summed E-state index contributed by atoms with van der Waals surface area (Å²) < 4.78 is 18.9. The van der Waals surface area contributed by atoms with Crippen LogP contribution in [0.25, 0.3) is 10.9 Å². The Labute approximate surface area is 155 Å². The first-order valence-electron chi connectivity index (χ1n) is 8.81. The van der Waals surface area contributed by atoms with E-state index in [2.05, 4.69) is 9.88 Å². The smallest absolute Gasteiger partial charge is 0.278 e. The molecule has 1 aromatic heterocycles. The van der Waals surface area contributed by atoms with Gasteiger partial charge in [0.05, 0.1) is 16.0 Å². The lowest BCUT2D eigenvalue weighted by Gasteiger charge is -2.34. The lowest BCUT2D eigenvalue weighted by molar-refractivity contribution is -0.383. The Kier molecular flexibility index (Phi) is 4.58. The van der Waals surface area contributed by atoms with Crippen molar-refractivity contribution in [2.24, 2.45) is 0 Å². The molecule has 0 atom stereocenters. The zero-order valence-corrected chi connectivity index (χ0v) is 14.5. The minimum absolute atomic E-state index is 0.0592. The number of anilines is 1. The number of hydrogen-bond acceptors (Lipinski definition) is 5. The number of halogens is 1. The van der Waals surface area contributed by atoms with Crippen LogP contribution in [-0.2, 0) is 0 Å². The number of rotatable bonds is 4. The molecule has 7 heteroatoms. The highest BCUT2D eigenvalue weighted by molar-refractivity contribution is 5.97. The minimum Gasteiger partial charge on any atom is -0.490 e. The number of nitro benzene ring substituents is 1. The van der Waals surface area contributed by atoms with Gasteiger partial charge in [-0.2, -0.15) is 0 Å². The summed E-state index contributed by atoms with van der Waals surface area (Å²) >= 11 is 0. The van der Waals surface area contributed by atoms with Crippen molar-refractivity contribution in [3.8, 4) is 5.75 Å². The molecule has 1 saturated heterocycles. The van der Waals surface area contributed by atoms with E-state index in [9.17, 15) is 14.5 Å². The first kappa shape index (κ1) is 17.2. The molecule has 4 rings (SSSR count). The van der Waals surface area contributed by atoms with Gasteiger partial charge in [0.2, 0.25) is 0 Å². The van der Waals surface area contributed by atoms with Gasteiger partial charge in [0.1, 0.15) is 23.2 Å². The fourth-order valence-electron chi connectivity index (χ4n) is 3.48. The zero-order chi connectivity index (χ0) is 18.8. The van der Waals surface area contributed by atoms with E-state index in [-0.39, 0.29) is 22.5 Å². The van der Waals surface area contributed by atoms with Gasteiger partial charge in [-0.3, -0.25) is 15.1 Å². The maximum Gasteiger partial charge on any atom is 0.278 e. The molecule has 0 saturated carbocycles. The fraction of sp³-hybridized carbons (Fsp3) is 0.250. The number of hydrogen-bond donors (Lipinski definition) is 0. The highest BCUT2D eigenvalue weighted by atomic mass is 19.1. The monoisotopic (exact) mass is 367 g/mol. The summed E-state index contributed by atoms with van der Waals surface area (Å²) in [5, 5.41) is 11.8. The van der Waals surface area contributed by atoms with Crippen molar-refractivity contribution in [2.75, 3.05) is 18.0 Å². The van der Waals surface area contributed by atoms with Crippen molar-refractivity contribution >= 4 is 22.3 Å². The Morgan fingerprint density at radius 1 is 1.11 bits per heavy atom. The molecule has 138 valence electrons. The van der Waals surface area contributed by atoms with Crippen LogP contribution in [0.3, 0.4) is 0 Å². The molecule has 2 aromatic carbocycles. The van der Waals surface area contributed by atoms with Gasteiger partial charge in [-0.1, -0.05) is 0 Å². The summed E-state index contributed by atoms with van der Waals surface area (Å²) in [6, 6.07) is 12.8. The van der Waals surface area contributed by atoms with E-state index in [4.69, 9.17) is 4.74 Å². The Bertz CT molecular complexity index is 970. The van der Waals surface area contributed by atoms with Gasteiger partial charge in [-0.05, 0) is 42.5 Å². The summed E-state index contributed by atoms with van der Waals surface area (Å²) in [5.74, 6) is 0.382. The number of aromatic nitrogens is 1. The van der Waals surface area contributed by atoms with Crippen molar-refractivity contribution in [1.29, 1.82) is 0 Å². The molecule has 3 aromatic rings. The molecule has 27 heavy (non-hydrogen) atoms. The normalized spacial score (nSPS) is 15.1. The predicted octanol–water partition coefficient (Wildman–Crippen LogP) is 4.33. The third-order valence-corrected chi connectivity index (χ3v) is 4.82. The fourth-order valence-corrected chi connectivity index (χ4v) is 3.48. The molecule has 1 aliphatic heterocycles. The van der Waals surface area contributed by atoms with Gasteiger partial charge in [-0.25, -0.2) is 4.39 Å². The van der Waals surface area contributed by atoms with Crippen LogP contribution < -0.4 is 9.64 Å². The number of ether oxygens (including phenoxy) is 1. The molecule has 0 radical (unpaired) electrons. The molecule has 2 heterocycles. The van der Waals surface area contributed by atoms with Crippen molar-refractivity contribution < 1.29 is 14.1 Å². The third kappa shape index (κ3) is 3.53. The number of nitro groups is 1. The maximum absolute atomic E-state index is 13.0. The number of non-ortho nitro benzene ring substituents is 1. The Hall–Kier alpha value is -3.22. The van der Waals surface area contributed by atoms with Gasteiger partial charge in [0.15, 0.2) is 0 Å². The largest absolute Gasteiger partial charge is 0.490 e. The second-order valence-corrected chi connectivity index (χ2v) is 6.52. The first-order valence-corrected chi connectivity index (χ1v) is 8.81. The SMILES string of the molecule is O=[N+]([O-])c1ccc(N2CCC(Oc3ccc(F)cc3)CC2)c2ncccc12. The first-order chi connectivity index (χ1) is 13.1. The zero-order valence-electron chi connectivity index (χ0n) is 14.5. The highest BCUT2D eigenvalue weighted by Crippen LogP contribution is 2.33. The third-order valence-electron chi connectivity index (χ3n) is 4.82. The number of benzene rings is 2. The molecular formula is C20H18FN3O3. The lowest BCUT2D eigenvalue weighted by Crippen LogP contribution is -2.38. The lowest BCUT2D eigenvalue weighted by atomic mass is 10.0. The molecule has 1 fully saturated rings. The van der Waals surface area contributed by atoms with Crippen LogP contribution in [0.2, 0.25) is 0 Å². The summed E-state index contributed by atoms with van der Waals surface area (Å²) in [7, 11) is 0. The Balaban J connectivity index is 1.50. The summed E-state index contributed by atoms with van der Waals surface area (Å²) in [6.45, 7) is 1.52. The van der Waals surface area contributed by atoms with Crippen molar-refractivity contribution in [3.05, 3.63) is 70.7 Å². The van der Waals surface area contributed by atoms with E-state index < -0.39 is 0 Å². The molecule has 0 unspecified atom stereocenters. The van der Waals surface area contributed by atoms with E-state index in [1.165, 1.54) is 12.1 Å². The van der Waals surface area contributed by atoms with Gasteiger partial charge in [0, 0.05) is 38.2 Å². The molecule has 0 aliphatic carbocycles. The van der Waals surface area contributed by atoms with Gasteiger partial charge in [-0.15, -0.1) is 0 Å². The average molecular weight is 367 g/mol. The predicted molar refractivity (Wildman–Crippen MR) is 101 cm³/mol. The van der Waals surface area contributed by atoms with Crippen LogP contribution in [-0.4, -0.2) is 29.1 Å². The molecule has 0 bridgehead atoms. The summed E-state index contributed by atoms with van der Waals surface area (Å²) in [4.78, 5) is 17.5. The molecule has 1 aliphatic rings. The molecule has 6 nitrogen and oxygen atoms in total. The second-order valence-electron chi connectivity index (χ2n) is 6.52. The Morgan fingerprint density at radius 2 is 1.85 bits per heavy atom. The quantitative estimate of drug-likeness (QED) is 0.507.